The predicted molar refractivity (Wildman–Crippen MR) is 89.7 cm³/mol. The SMILES string of the molecule is Cc1ccc(S(=O)(=O)NC(CCCC2OCCO2)C(C)C)cc1. The molecule has 1 unspecified atom stereocenters. The molecule has 0 radical (unpaired) electrons. The number of hydrogen-bond acceptors (Lipinski definition) is 4. The number of ether oxygens (including phenoxy) is 2. The summed E-state index contributed by atoms with van der Waals surface area (Å²) in [6.07, 6.45) is 2.31. The van der Waals surface area contributed by atoms with Crippen LogP contribution in [0.4, 0.5) is 0 Å². The number of benzene rings is 1. The number of rotatable bonds is 8. The number of aryl methyl sites for hydroxylation is 1. The van der Waals surface area contributed by atoms with E-state index < -0.39 is 10.0 Å². The quantitative estimate of drug-likeness (QED) is 0.790. The molecular formula is C17H27NO4S. The molecule has 1 saturated heterocycles. The molecular weight excluding hydrogens is 314 g/mol. The molecule has 1 atom stereocenters. The van der Waals surface area contributed by atoms with E-state index in [1.165, 1.54) is 0 Å². The molecule has 6 heteroatoms. The Bertz CT molecular complexity index is 577. The fourth-order valence-electron chi connectivity index (χ4n) is 2.59. The predicted octanol–water partition coefficient (Wildman–Crippen LogP) is 2.84. The molecule has 0 aromatic heterocycles. The van der Waals surface area contributed by atoms with Crippen LogP contribution in [-0.2, 0) is 19.5 Å². The third kappa shape index (κ3) is 5.57. The van der Waals surface area contributed by atoms with Crippen LogP contribution in [-0.4, -0.2) is 34.0 Å². The van der Waals surface area contributed by atoms with Crippen molar-refractivity contribution in [2.75, 3.05) is 13.2 Å². The zero-order valence-electron chi connectivity index (χ0n) is 14.1. The van der Waals surface area contributed by atoms with E-state index in [1.54, 1.807) is 12.1 Å². The van der Waals surface area contributed by atoms with Crippen molar-refractivity contribution in [3.8, 4) is 0 Å². The Balaban J connectivity index is 1.93. The van der Waals surface area contributed by atoms with Gasteiger partial charge in [0.1, 0.15) is 0 Å². The summed E-state index contributed by atoms with van der Waals surface area (Å²) < 4.78 is 38.7. The Labute approximate surface area is 139 Å². The van der Waals surface area contributed by atoms with Gasteiger partial charge in [0, 0.05) is 6.04 Å². The smallest absolute Gasteiger partial charge is 0.240 e. The van der Waals surface area contributed by atoms with Crippen LogP contribution >= 0.6 is 0 Å². The minimum Gasteiger partial charge on any atom is -0.350 e. The molecule has 0 aliphatic carbocycles. The second-order valence-electron chi connectivity index (χ2n) is 6.39. The van der Waals surface area contributed by atoms with Crippen molar-refractivity contribution in [2.45, 2.75) is 57.3 Å². The highest BCUT2D eigenvalue weighted by Gasteiger charge is 2.23. The molecule has 1 aliphatic heterocycles. The van der Waals surface area contributed by atoms with Crippen LogP contribution in [0.2, 0.25) is 0 Å². The van der Waals surface area contributed by atoms with Gasteiger partial charge in [-0.1, -0.05) is 31.5 Å². The van der Waals surface area contributed by atoms with Gasteiger partial charge in [-0.05, 0) is 44.2 Å². The fourth-order valence-corrected chi connectivity index (χ4v) is 4.01. The molecule has 1 N–H and O–H groups in total. The molecule has 0 bridgehead atoms. The second kappa shape index (κ2) is 8.24. The fraction of sp³-hybridized carbons (Fsp3) is 0.647. The maximum Gasteiger partial charge on any atom is 0.240 e. The van der Waals surface area contributed by atoms with Gasteiger partial charge in [0.15, 0.2) is 6.29 Å². The first-order valence-electron chi connectivity index (χ1n) is 8.20. The molecule has 23 heavy (non-hydrogen) atoms. The van der Waals surface area contributed by atoms with E-state index in [0.29, 0.717) is 18.1 Å². The van der Waals surface area contributed by atoms with Crippen LogP contribution in [0.5, 0.6) is 0 Å². The van der Waals surface area contributed by atoms with Crippen LogP contribution in [0.1, 0.15) is 38.7 Å². The highest BCUT2D eigenvalue weighted by molar-refractivity contribution is 7.89. The maximum absolute atomic E-state index is 12.5. The van der Waals surface area contributed by atoms with Crippen LogP contribution in [0, 0.1) is 12.8 Å². The van der Waals surface area contributed by atoms with E-state index in [-0.39, 0.29) is 18.2 Å². The van der Waals surface area contributed by atoms with Gasteiger partial charge in [0.05, 0.1) is 18.1 Å². The second-order valence-corrected chi connectivity index (χ2v) is 8.10. The third-order valence-corrected chi connectivity index (χ3v) is 5.59. The minimum atomic E-state index is -3.48. The normalized spacial score (nSPS) is 17.7. The van der Waals surface area contributed by atoms with E-state index in [1.807, 2.05) is 32.9 Å². The van der Waals surface area contributed by atoms with E-state index in [4.69, 9.17) is 9.47 Å². The summed E-state index contributed by atoms with van der Waals surface area (Å²) >= 11 is 0. The molecule has 0 spiro atoms. The van der Waals surface area contributed by atoms with E-state index in [2.05, 4.69) is 4.72 Å². The summed E-state index contributed by atoms with van der Waals surface area (Å²) in [7, 11) is -3.48. The van der Waals surface area contributed by atoms with Crippen molar-refractivity contribution in [3.63, 3.8) is 0 Å². The van der Waals surface area contributed by atoms with Crippen molar-refractivity contribution >= 4 is 10.0 Å². The zero-order valence-corrected chi connectivity index (χ0v) is 14.9. The van der Waals surface area contributed by atoms with Gasteiger partial charge in [-0.25, -0.2) is 13.1 Å². The lowest BCUT2D eigenvalue weighted by Gasteiger charge is -2.23. The van der Waals surface area contributed by atoms with Gasteiger partial charge in [0.2, 0.25) is 10.0 Å². The van der Waals surface area contributed by atoms with Gasteiger partial charge in [-0.3, -0.25) is 0 Å². The highest BCUT2D eigenvalue weighted by atomic mass is 32.2. The molecule has 1 aliphatic rings. The van der Waals surface area contributed by atoms with Gasteiger partial charge in [-0.2, -0.15) is 0 Å². The Kier molecular flexibility index (Phi) is 6.59. The van der Waals surface area contributed by atoms with Crippen molar-refractivity contribution in [2.24, 2.45) is 5.92 Å². The standard InChI is InChI=1S/C17H27NO4S/c1-13(2)16(5-4-6-17-21-11-12-22-17)18-23(19,20)15-9-7-14(3)8-10-15/h7-10,13,16-18H,4-6,11-12H2,1-3H3. The Hall–Kier alpha value is -0.950. The molecule has 0 saturated carbocycles. The third-order valence-electron chi connectivity index (χ3n) is 4.09. The van der Waals surface area contributed by atoms with Crippen LogP contribution in [0.25, 0.3) is 0 Å². The zero-order chi connectivity index (χ0) is 16.9. The summed E-state index contributed by atoms with van der Waals surface area (Å²) in [5.41, 5.74) is 1.04. The van der Waals surface area contributed by atoms with Gasteiger partial charge >= 0.3 is 0 Å². The van der Waals surface area contributed by atoms with Crippen LogP contribution < -0.4 is 4.72 Å². The summed E-state index contributed by atoms with van der Waals surface area (Å²) in [5.74, 6) is 0.223. The first-order valence-corrected chi connectivity index (χ1v) is 9.69. The van der Waals surface area contributed by atoms with E-state index >= 15 is 0 Å². The lowest BCUT2D eigenvalue weighted by Crippen LogP contribution is -2.38. The van der Waals surface area contributed by atoms with Crippen molar-refractivity contribution in [1.29, 1.82) is 0 Å². The van der Waals surface area contributed by atoms with Gasteiger partial charge < -0.3 is 9.47 Å². The lowest BCUT2D eigenvalue weighted by molar-refractivity contribution is -0.0483. The molecule has 1 heterocycles. The molecule has 5 nitrogen and oxygen atoms in total. The largest absolute Gasteiger partial charge is 0.350 e. The molecule has 2 rings (SSSR count). The topological polar surface area (TPSA) is 64.6 Å². The summed E-state index contributed by atoms with van der Waals surface area (Å²) in [6.45, 7) is 7.31. The molecule has 1 aromatic rings. The van der Waals surface area contributed by atoms with Gasteiger partial charge in [-0.15, -0.1) is 0 Å². The highest BCUT2D eigenvalue weighted by Crippen LogP contribution is 2.18. The van der Waals surface area contributed by atoms with E-state index in [0.717, 1.165) is 24.8 Å². The average molecular weight is 341 g/mol. The average Bonchev–Trinajstić information content (AvgIpc) is 2.99. The molecule has 0 amide bonds. The van der Waals surface area contributed by atoms with Crippen molar-refractivity contribution < 1.29 is 17.9 Å². The summed E-state index contributed by atoms with van der Waals surface area (Å²) in [4.78, 5) is 0.316. The van der Waals surface area contributed by atoms with Crippen LogP contribution in [0.3, 0.4) is 0 Å². The van der Waals surface area contributed by atoms with E-state index in [9.17, 15) is 8.42 Å². The first kappa shape index (κ1) is 18.4. The van der Waals surface area contributed by atoms with Crippen molar-refractivity contribution in [1.82, 2.24) is 4.72 Å². The van der Waals surface area contributed by atoms with Gasteiger partial charge in [0.25, 0.3) is 0 Å². The van der Waals surface area contributed by atoms with Crippen LogP contribution in [0.15, 0.2) is 29.2 Å². The molecule has 1 fully saturated rings. The van der Waals surface area contributed by atoms with Crippen molar-refractivity contribution in [3.05, 3.63) is 29.8 Å². The number of sulfonamides is 1. The monoisotopic (exact) mass is 341 g/mol. The number of nitrogens with one attached hydrogen (secondary N) is 1. The molecule has 130 valence electrons. The first-order chi connectivity index (χ1) is 10.9. The Morgan fingerprint density at radius 3 is 2.35 bits per heavy atom. The Morgan fingerprint density at radius 1 is 1.17 bits per heavy atom. The lowest BCUT2D eigenvalue weighted by atomic mass is 9.99. The maximum atomic E-state index is 12.5. The molecule has 1 aromatic carbocycles. The summed E-state index contributed by atoms with van der Waals surface area (Å²) in [5, 5.41) is 0. The minimum absolute atomic E-state index is 0.0947. The Morgan fingerprint density at radius 2 is 1.78 bits per heavy atom. The number of hydrogen-bond donors (Lipinski definition) is 1. The summed E-state index contributed by atoms with van der Waals surface area (Å²) in [6, 6.07) is 6.83.